The van der Waals surface area contributed by atoms with Crippen LogP contribution >= 0.6 is 0 Å². The summed E-state index contributed by atoms with van der Waals surface area (Å²) in [5.74, 6) is 1.35. The average molecular weight is 329 g/mol. The molecule has 1 aliphatic carbocycles. The number of benzene rings is 1. The molecule has 0 radical (unpaired) electrons. The summed E-state index contributed by atoms with van der Waals surface area (Å²) in [6.07, 6.45) is 3.59. The molecule has 0 N–H and O–H groups in total. The Hall–Kier alpha value is -2.30. The molecule has 5 heteroatoms. The van der Waals surface area contributed by atoms with Gasteiger partial charge in [-0.1, -0.05) is 6.92 Å². The molecule has 0 unspecified atom stereocenters. The zero-order chi connectivity index (χ0) is 17.1. The highest BCUT2D eigenvalue weighted by Crippen LogP contribution is 2.30. The molecule has 0 spiro atoms. The van der Waals surface area contributed by atoms with Gasteiger partial charge in [-0.05, 0) is 42.9 Å². The lowest BCUT2D eigenvalue weighted by atomic mass is 10.1. The number of fused-ring (bicyclic) bond motifs is 1. The molecule has 1 aromatic heterocycles. The highest BCUT2D eigenvalue weighted by molar-refractivity contribution is 5.87. The summed E-state index contributed by atoms with van der Waals surface area (Å²) < 4.78 is 10.4. The molecule has 1 aromatic carbocycles. The third-order valence-corrected chi connectivity index (χ3v) is 4.40. The van der Waals surface area contributed by atoms with Crippen LogP contribution in [0.1, 0.15) is 31.7 Å². The van der Waals surface area contributed by atoms with E-state index in [0.29, 0.717) is 22.8 Å². The molecule has 1 amide bonds. The van der Waals surface area contributed by atoms with Gasteiger partial charge in [-0.2, -0.15) is 0 Å². The van der Waals surface area contributed by atoms with E-state index in [4.69, 9.17) is 9.15 Å². The molecule has 3 rings (SSSR count). The Morgan fingerprint density at radius 2 is 2.12 bits per heavy atom. The van der Waals surface area contributed by atoms with Crippen LogP contribution in [-0.4, -0.2) is 31.0 Å². The van der Waals surface area contributed by atoms with Gasteiger partial charge in [0.15, 0.2) is 0 Å². The number of nitrogens with zero attached hydrogens (tertiary/aromatic N) is 1. The number of methoxy groups -OCH3 is 1. The molecule has 1 saturated carbocycles. The molecule has 24 heavy (non-hydrogen) atoms. The molecule has 5 nitrogen and oxygen atoms in total. The van der Waals surface area contributed by atoms with Gasteiger partial charge in [0.1, 0.15) is 11.3 Å². The first-order valence-corrected chi connectivity index (χ1v) is 8.49. The Balaban J connectivity index is 1.87. The van der Waals surface area contributed by atoms with Gasteiger partial charge in [0.05, 0.1) is 13.5 Å². The average Bonchev–Trinajstić information content (AvgIpc) is 3.37. The van der Waals surface area contributed by atoms with Crippen LogP contribution in [0.4, 0.5) is 0 Å². The van der Waals surface area contributed by atoms with Crippen molar-refractivity contribution in [3.63, 3.8) is 0 Å². The number of rotatable bonds is 7. The zero-order valence-electron chi connectivity index (χ0n) is 14.2. The van der Waals surface area contributed by atoms with E-state index in [0.717, 1.165) is 24.9 Å². The highest BCUT2D eigenvalue weighted by Gasteiger charge is 2.26. The van der Waals surface area contributed by atoms with Crippen molar-refractivity contribution in [3.8, 4) is 5.75 Å². The van der Waals surface area contributed by atoms with E-state index >= 15 is 0 Å². The van der Waals surface area contributed by atoms with E-state index in [1.807, 2.05) is 17.0 Å². The maximum absolute atomic E-state index is 12.7. The zero-order valence-corrected chi connectivity index (χ0v) is 14.2. The van der Waals surface area contributed by atoms with E-state index in [-0.39, 0.29) is 12.3 Å². The first kappa shape index (κ1) is 16.6. The van der Waals surface area contributed by atoms with Crippen LogP contribution in [0.3, 0.4) is 0 Å². The first-order chi connectivity index (χ1) is 11.6. The number of carbonyl (C=O) groups is 1. The lowest BCUT2D eigenvalue weighted by molar-refractivity contribution is -0.130. The Morgan fingerprint density at radius 3 is 2.79 bits per heavy atom. The number of carbonyl (C=O) groups excluding carboxylic acids is 1. The van der Waals surface area contributed by atoms with Crippen LogP contribution in [0.15, 0.2) is 33.5 Å². The maximum atomic E-state index is 12.7. The normalized spacial score (nSPS) is 13.9. The summed E-state index contributed by atoms with van der Waals surface area (Å²) in [4.78, 5) is 26.5. The van der Waals surface area contributed by atoms with Gasteiger partial charge in [-0.15, -0.1) is 0 Å². The maximum Gasteiger partial charge on any atom is 0.336 e. The van der Waals surface area contributed by atoms with Crippen molar-refractivity contribution in [1.29, 1.82) is 0 Å². The predicted octanol–water partition coefficient (Wildman–Crippen LogP) is 2.99. The second kappa shape index (κ2) is 7.07. The van der Waals surface area contributed by atoms with Crippen molar-refractivity contribution < 1.29 is 13.9 Å². The van der Waals surface area contributed by atoms with E-state index < -0.39 is 5.63 Å². The smallest absolute Gasteiger partial charge is 0.336 e. The predicted molar refractivity (Wildman–Crippen MR) is 92.3 cm³/mol. The van der Waals surface area contributed by atoms with Crippen molar-refractivity contribution in [1.82, 2.24) is 4.90 Å². The summed E-state index contributed by atoms with van der Waals surface area (Å²) in [5.41, 5.74) is 0.725. The topological polar surface area (TPSA) is 59.8 Å². The highest BCUT2D eigenvalue weighted by atomic mass is 16.5. The molecular weight excluding hydrogens is 306 g/mol. The summed E-state index contributed by atoms with van der Waals surface area (Å²) in [7, 11) is 1.56. The van der Waals surface area contributed by atoms with Gasteiger partial charge < -0.3 is 14.1 Å². The van der Waals surface area contributed by atoms with Crippen molar-refractivity contribution in [2.45, 2.75) is 32.6 Å². The fourth-order valence-corrected chi connectivity index (χ4v) is 2.96. The summed E-state index contributed by atoms with van der Waals surface area (Å²) in [5, 5.41) is 0.784. The van der Waals surface area contributed by atoms with Crippen molar-refractivity contribution in [2.24, 2.45) is 5.92 Å². The van der Waals surface area contributed by atoms with Crippen LogP contribution in [0.25, 0.3) is 11.0 Å². The van der Waals surface area contributed by atoms with Gasteiger partial charge in [0.25, 0.3) is 0 Å². The molecule has 128 valence electrons. The number of hydrogen-bond donors (Lipinski definition) is 0. The molecule has 1 heterocycles. The molecule has 2 aromatic rings. The Bertz CT molecular complexity index is 792. The van der Waals surface area contributed by atoms with Crippen LogP contribution in [-0.2, 0) is 11.2 Å². The van der Waals surface area contributed by atoms with Crippen LogP contribution in [0.5, 0.6) is 5.75 Å². The van der Waals surface area contributed by atoms with Crippen LogP contribution in [0, 0.1) is 5.92 Å². The van der Waals surface area contributed by atoms with E-state index in [1.165, 1.54) is 18.9 Å². The minimum Gasteiger partial charge on any atom is -0.497 e. The van der Waals surface area contributed by atoms with Gasteiger partial charge in [0.2, 0.25) is 5.91 Å². The summed E-state index contributed by atoms with van der Waals surface area (Å²) in [6.45, 7) is 3.67. The quantitative estimate of drug-likeness (QED) is 0.733. The standard InChI is InChI=1S/C19H23NO4/c1-3-8-20(12-13-4-5-13)18(21)9-14-10-19(22)24-17-11-15(23-2)6-7-16(14)17/h6-7,10-11,13H,3-5,8-9,12H2,1-2H3. The molecule has 1 fully saturated rings. The minimum absolute atomic E-state index is 0.0754. The van der Waals surface area contributed by atoms with Crippen molar-refractivity contribution >= 4 is 16.9 Å². The largest absolute Gasteiger partial charge is 0.497 e. The second-order valence-corrected chi connectivity index (χ2v) is 6.41. The van der Waals surface area contributed by atoms with Crippen LogP contribution in [0.2, 0.25) is 0 Å². The number of hydrogen-bond acceptors (Lipinski definition) is 4. The van der Waals surface area contributed by atoms with Crippen molar-refractivity contribution in [3.05, 3.63) is 40.2 Å². The van der Waals surface area contributed by atoms with Crippen LogP contribution < -0.4 is 10.4 Å². The first-order valence-electron chi connectivity index (χ1n) is 8.49. The number of ether oxygens (including phenoxy) is 1. The molecule has 1 aliphatic rings. The summed E-state index contributed by atoms with van der Waals surface area (Å²) >= 11 is 0. The molecule has 0 aliphatic heterocycles. The third kappa shape index (κ3) is 3.78. The third-order valence-electron chi connectivity index (χ3n) is 4.40. The SMILES string of the molecule is CCCN(CC1CC1)C(=O)Cc1cc(=O)oc2cc(OC)ccc12. The Morgan fingerprint density at radius 1 is 1.33 bits per heavy atom. The van der Waals surface area contributed by atoms with E-state index in [2.05, 4.69) is 6.92 Å². The summed E-state index contributed by atoms with van der Waals surface area (Å²) in [6, 6.07) is 6.75. The van der Waals surface area contributed by atoms with Gasteiger partial charge in [0, 0.05) is 30.6 Å². The van der Waals surface area contributed by atoms with Gasteiger partial charge >= 0.3 is 5.63 Å². The second-order valence-electron chi connectivity index (χ2n) is 6.41. The van der Waals surface area contributed by atoms with Crippen molar-refractivity contribution in [2.75, 3.05) is 20.2 Å². The molecule has 0 atom stereocenters. The molecular formula is C19H23NO4. The monoisotopic (exact) mass is 329 g/mol. The Labute approximate surface area is 141 Å². The molecule has 0 saturated heterocycles. The van der Waals surface area contributed by atoms with E-state index in [1.54, 1.807) is 13.2 Å². The fraction of sp³-hybridized carbons (Fsp3) is 0.474. The minimum atomic E-state index is -0.442. The Kier molecular flexibility index (Phi) is 4.88. The number of amides is 1. The molecule has 0 bridgehead atoms. The lowest BCUT2D eigenvalue weighted by Crippen LogP contribution is -2.35. The van der Waals surface area contributed by atoms with Gasteiger partial charge in [-0.3, -0.25) is 4.79 Å². The lowest BCUT2D eigenvalue weighted by Gasteiger charge is -2.22. The fourth-order valence-electron chi connectivity index (χ4n) is 2.96. The van der Waals surface area contributed by atoms with Gasteiger partial charge in [-0.25, -0.2) is 4.79 Å². The van der Waals surface area contributed by atoms with E-state index in [9.17, 15) is 9.59 Å².